The second-order valence-electron chi connectivity index (χ2n) is 5.37. The molecule has 0 N–H and O–H groups in total. The minimum absolute atomic E-state index is 0.146. The van der Waals surface area contributed by atoms with Gasteiger partial charge in [-0.1, -0.05) is 17.7 Å². The lowest BCUT2D eigenvalue weighted by atomic mass is 10.1. The summed E-state index contributed by atoms with van der Waals surface area (Å²) in [6, 6.07) is 2.08. The molecule has 1 aliphatic rings. The van der Waals surface area contributed by atoms with Crippen LogP contribution in [-0.4, -0.2) is 37.9 Å². The summed E-state index contributed by atoms with van der Waals surface area (Å²) in [5, 5.41) is -0.291. The van der Waals surface area contributed by atoms with E-state index in [1.807, 2.05) is 0 Å². The van der Waals surface area contributed by atoms with Crippen molar-refractivity contribution in [3.8, 4) is 0 Å². The molecule has 0 aromatic heterocycles. The zero-order valence-electron chi connectivity index (χ0n) is 13.0. The van der Waals surface area contributed by atoms with Crippen LogP contribution in [0.1, 0.15) is 38.2 Å². The van der Waals surface area contributed by atoms with Crippen LogP contribution in [0.3, 0.4) is 0 Å². The van der Waals surface area contributed by atoms with Crippen LogP contribution in [0, 0.1) is 0 Å². The maximum Gasteiger partial charge on any atom is 0.324 e. The van der Waals surface area contributed by atoms with Crippen molar-refractivity contribution in [1.82, 2.24) is 4.31 Å². The van der Waals surface area contributed by atoms with Gasteiger partial charge in [0.15, 0.2) is 0 Å². The predicted molar refractivity (Wildman–Crippen MR) is 84.6 cm³/mol. The minimum Gasteiger partial charge on any atom is -0.465 e. The molecule has 1 aromatic carbocycles. The molecule has 0 bridgehead atoms. The molecule has 134 valence electrons. The van der Waals surface area contributed by atoms with E-state index < -0.39 is 28.5 Å². The Kier molecular flexibility index (Phi) is 6.17. The van der Waals surface area contributed by atoms with Gasteiger partial charge in [0.25, 0.3) is 6.43 Å². The Balaban J connectivity index is 2.38. The Bertz CT molecular complexity index is 711. The highest BCUT2D eigenvalue weighted by atomic mass is 35.5. The number of hydrogen-bond donors (Lipinski definition) is 0. The number of benzene rings is 1. The summed E-state index contributed by atoms with van der Waals surface area (Å²) in [4.78, 5) is 11.8. The summed E-state index contributed by atoms with van der Waals surface area (Å²) in [6.07, 6.45) is -1.10. The van der Waals surface area contributed by atoms with Gasteiger partial charge in [-0.15, -0.1) is 0 Å². The van der Waals surface area contributed by atoms with Crippen LogP contribution in [0.15, 0.2) is 23.1 Å². The molecule has 1 aliphatic heterocycles. The van der Waals surface area contributed by atoms with Crippen molar-refractivity contribution in [3.05, 3.63) is 28.8 Å². The average Bonchev–Trinajstić information content (AvgIpc) is 2.54. The molecule has 24 heavy (non-hydrogen) atoms. The number of nitrogens with zero attached hydrogens (tertiary/aromatic N) is 1. The van der Waals surface area contributed by atoms with Gasteiger partial charge in [0.2, 0.25) is 10.0 Å². The van der Waals surface area contributed by atoms with Crippen molar-refractivity contribution in [2.45, 2.75) is 43.5 Å². The van der Waals surface area contributed by atoms with Crippen molar-refractivity contribution >= 4 is 27.6 Å². The van der Waals surface area contributed by atoms with Gasteiger partial charge in [-0.25, -0.2) is 17.2 Å². The van der Waals surface area contributed by atoms with Crippen molar-refractivity contribution in [2.24, 2.45) is 0 Å². The highest BCUT2D eigenvalue weighted by Crippen LogP contribution is 2.32. The third-order valence-corrected chi connectivity index (χ3v) is 6.20. The largest absolute Gasteiger partial charge is 0.465 e. The number of halogens is 3. The molecular weight excluding hydrogens is 364 g/mol. The molecule has 0 unspecified atom stereocenters. The topological polar surface area (TPSA) is 63.7 Å². The summed E-state index contributed by atoms with van der Waals surface area (Å²) in [7, 11) is -4.09. The lowest BCUT2D eigenvalue weighted by molar-refractivity contribution is -0.148. The standard InChI is InChI=1S/C15H18ClF2NO4S/c1-2-23-15(20)12-5-3-4-8-19(12)24(21,22)13-7-6-10(14(17)18)9-11(13)16/h6-7,9,12,14H,2-5,8H2,1H3/t12-/m0/s1. The number of esters is 1. The first kappa shape index (κ1) is 19.1. The number of carbonyl (C=O) groups is 1. The van der Waals surface area contributed by atoms with E-state index in [2.05, 4.69) is 0 Å². The molecule has 0 spiro atoms. The Morgan fingerprint density at radius 2 is 2.12 bits per heavy atom. The SMILES string of the molecule is CCOC(=O)[C@@H]1CCCCN1S(=O)(=O)c1ccc(C(F)F)cc1Cl. The molecule has 0 saturated carbocycles. The van der Waals surface area contributed by atoms with Crippen LogP contribution in [0.2, 0.25) is 5.02 Å². The number of ether oxygens (including phenoxy) is 1. The number of sulfonamides is 1. The zero-order valence-corrected chi connectivity index (χ0v) is 14.6. The normalized spacial score (nSPS) is 19.5. The van der Waals surface area contributed by atoms with Gasteiger partial charge in [0.05, 0.1) is 11.6 Å². The van der Waals surface area contributed by atoms with Gasteiger partial charge >= 0.3 is 5.97 Å². The molecule has 0 amide bonds. The molecule has 9 heteroatoms. The molecule has 0 aliphatic carbocycles. The Morgan fingerprint density at radius 1 is 1.42 bits per heavy atom. The third kappa shape index (κ3) is 3.87. The van der Waals surface area contributed by atoms with Gasteiger partial charge in [-0.3, -0.25) is 4.79 Å². The van der Waals surface area contributed by atoms with Crippen LogP contribution in [0.25, 0.3) is 0 Å². The van der Waals surface area contributed by atoms with E-state index in [-0.39, 0.29) is 28.6 Å². The van der Waals surface area contributed by atoms with Gasteiger partial charge in [-0.2, -0.15) is 4.31 Å². The van der Waals surface area contributed by atoms with Crippen molar-refractivity contribution in [2.75, 3.05) is 13.2 Å². The van der Waals surface area contributed by atoms with Crippen molar-refractivity contribution < 1.29 is 26.7 Å². The summed E-state index contributed by atoms with van der Waals surface area (Å²) in [6.45, 7) is 1.94. The van der Waals surface area contributed by atoms with Gasteiger partial charge in [0, 0.05) is 12.1 Å². The predicted octanol–water partition coefficient (Wildman–Crippen LogP) is 3.38. The third-order valence-electron chi connectivity index (χ3n) is 3.81. The Hall–Kier alpha value is -1.25. The molecule has 1 fully saturated rings. The smallest absolute Gasteiger partial charge is 0.324 e. The van der Waals surface area contributed by atoms with E-state index in [4.69, 9.17) is 16.3 Å². The van der Waals surface area contributed by atoms with Crippen LogP contribution < -0.4 is 0 Å². The minimum atomic E-state index is -4.09. The number of alkyl halides is 2. The molecule has 2 rings (SSSR count). The van der Waals surface area contributed by atoms with Crippen LogP contribution in [0.5, 0.6) is 0 Å². The van der Waals surface area contributed by atoms with E-state index in [0.717, 1.165) is 22.5 Å². The first-order valence-corrected chi connectivity index (χ1v) is 9.37. The number of rotatable bonds is 5. The fourth-order valence-electron chi connectivity index (χ4n) is 2.66. The molecule has 1 atom stereocenters. The Morgan fingerprint density at radius 3 is 2.71 bits per heavy atom. The zero-order chi connectivity index (χ0) is 17.9. The molecule has 1 heterocycles. The highest BCUT2D eigenvalue weighted by molar-refractivity contribution is 7.89. The van der Waals surface area contributed by atoms with Crippen molar-refractivity contribution in [1.29, 1.82) is 0 Å². The van der Waals surface area contributed by atoms with Gasteiger partial charge < -0.3 is 4.74 Å². The van der Waals surface area contributed by atoms with E-state index >= 15 is 0 Å². The van der Waals surface area contributed by atoms with Crippen molar-refractivity contribution in [3.63, 3.8) is 0 Å². The summed E-state index contributed by atoms with van der Waals surface area (Å²) >= 11 is 5.91. The first-order valence-electron chi connectivity index (χ1n) is 7.55. The van der Waals surface area contributed by atoms with E-state index in [9.17, 15) is 22.0 Å². The Labute approximate surface area is 144 Å². The lowest BCUT2D eigenvalue weighted by Gasteiger charge is -2.33. The van der Waals surface area contributed by atoms with Gasteiger partial charge in [0.1, 0.15) is 10.9 Å². The molecule has 5 nitrogen and oxygen atoms in total. The summed E-state index contributed by atoms with van der Waals surface area (Å²) in [5.74, 6) is -0.610. The molecule has 0 radical (unpaired) electrons. The molecule has 1 aromatic rings. The second kappa shape index (κ2) is 7.76. The second-order valence-corrected chi connectivity index (χ2v) is 7.64. The summed E-state index contributed by atoms with van der Waals surface area (Å²) in [5.41, 5.74) is -0.362. The van der Waals surface area contributed by atoms with E-state index in [1.165, 1.54) is 0 Å². The number of hydrogen-bond acceptors (Lipinski definition) is 4. The van der Waals surface area contributed by atoms with E-state index in [0.29, 0.717) is 19.3 Å². The van der Waals surface area contributed by atoms with Crippen LogP contribution >= 0.6 is 11.6 Å². The number of carbonyl (C=O) groups excluding carboxylic acids is 1. The quantitative estimate of drug-likeness (QED) is 0.733. The van der Waals surface area contributed by atoms with Crippen LogP contribution in [0.4, 0.5) is 8.78 Å². The average molecular weight is 382 g/mol. The summed E-state index contributed by atoms with van der Waals surface area (Å²) < 4.78 is 57.1. The van der Waals surface area contributed by atoms with Gasteiger partial charge in [-0.05, 0) is 38.3 Å². The fourth-order valence-corrected chi connectivity index (χ4v) is 4.83. The highest BCUT2D eigenvalue weighted by Gasteiger charge is 2.39. The lowest BCUT2D eigenvalue weighted by Crippen LogP contribution is -2.48. The molecule has 1 saturated heterocycles. The van der Waals surface area contributed by atoms with E-state index in [1.54, 1.807) is 6.92 Å². The monoisotopic (exact) mass is 381 g/mol. The molecular formula is C15H18ClF2NO4S. The fraction of sp³-hybridized carbons (Fsp3) is 0.533. The number of piperidine rings is 1. The first-order chi connectivity index (χ1) is 11.3. The maximum atomic E-state index is 12.9. The maximum absolute atomic E-state index is 12.9. The van der Waals surface area contributed by atoms with Crippen LogP contribution in [-0.2, 0) is 19.6 Å².